The summed E-state index contributed by atoms with van der Waals surface area (Å²) in [5.74, 6) is 1.94. The fourth-order valence-corrected chi connectivity index (χ4v) is 3.11. The van der Waals surface area contributed by atoms with Crippen LogP contribution in [0.3, 0.4) is 0 Å². The predicted octanol–water partition coefficient (Wildman–Crippen LogP) is 4.77. The van der Waals surface area contributed by atoms with Gasteiger partial charge in [0.15, 0.2) is 5.78 Å². The van der Waals surface area contributed by atoms with Crippen LogP contribution >= 0.6 is 23.4 Å². The van der Waals surface area contributed by atoms with E-state index in [4.69, 9.17) is 16.3 Å². The van der Waals surface area contributed by atoms with Crippen molar-refractivity contribution >= 4 is 29.1 Å². The summed E-state index contributed by atoms with van der Waals surface area (Å²) < 4.78 is 5.08. The van der Waals surface area contributed by atoms with Crippen LogP contribution in [0.2, 0.25) is 5.02 Å². The van der Waals surface area contributed by atoms with Gasteiger partial charge in [-0.3, -0.25) is 4.79 Å². The molecule has 2 rings (SSSR count). The lowest BCUT2D eigenvalue weighted by molar-refractivity contribution is 0.102. The van der Waals surface area contributed by atoms with Crippen LogP contribution in [0, 0.1) is 6.92 Å². The predicted molar refractivity (Wildman–Crippen MR) is 89.7 cm³/mol. The molecule has 0 bridgehead atoms. The van der Waals surface area contributed by atoms with Crippen molar-refractivity contribution in [2.45, 2.75) is 12.7 Å². The van der Waals surface area contributed by atoms with Crippen LogP contribution in [-0.4, -0.2) is 18.6 Å². The number of methoxy groups -OCH3 is 1. The SMILES string of the molecule is COc1ccc(C(=O)CSCc2cccc(C)c2)cc1Cl. The van der Waals surface area contributed by atoms with E-state index >= 15 is 0 Å². The van der Waals surface area contributed by atoms with Gasteiger partial charge in [0.2, 0.25) is 0 Å². The molecule has 0 saturated carbocycles. The Balaban J connectivity index is 1.91. The van der Waals surface area contributed by atoms with Crippen LogP contribution in [0.15, 0.2) is 42.5 Å². The molecule has 0 atom stereocenters. The summed E-state index contributed by atoms with van der Waals surface area (Å²) in [6.07, 6.45) is 0. The first-order valence-electron chi connectivity index (χ1n) is 6.60. The number of carbonyl (C=O) groups excluding carboxylic acids is 1. The van der Waals surface area contributed by atoms with Gasteiger partial charge >= 0.3 is 0 Å². The Kier molecular flexibility index (Phi) is 5.71. The number of carbonyl (C=O) groups is 1. The minimum Gasteiger partial charge on any atom is -0.495 e. The van der Waals surface area contributed by atoms with Crippen molar-refractivity contribution in [3.05, 3.63) is 64.2 Å². The number of benzene rings is 2. The molecular formula is C17H17ClO2S. The maximum Gasteiger partial charge on any atom is 0.172 e. The zero-order valence-corrected chi connectivity index (χ0v) is 13.6. The Labute approximate surface area is 134 Å². The van der Waals surface area contributed by atoms with Gasteiger partial charge < -0.3 is 4.74 Å². The highest BCUT2D eigenvalue weighted by atomic mass is 35.5. The summed E-state index contributed by atoms with van der Waals surface area (Å²) in [5, 5.41) is 0.465. The molecule has 2 nitrogen and oxygen atoms in total. The lowest BCUT2D eigenvalue weighted by atomic mass is 10.1. The van der Waals surface area contributed by atoms with E-state index in [0.717, 1.165) is 5.75 Å². The number of rotatable bonds is 6. The molecule has 110 valence electrons. The summed E-state index contributed by atoms with van der Waals surface area (Å²) in [4.78, 5) is 12.1. The van der Waals surface area contributed by atoms with Gasteiger partial charge in [-0.2, -0.15) is 0 Å². The number of Topliss-reactive ketones (excluding diaryl/α,β-unsaturated/α-hetero) is 1. The van der Waals surface area contributed by atoms with Gasteiger partial charge in [0.05, 0.1) is 17.9 Å². The second-order valence-electron chi connectivity index (χ2n) is 4.75. The first-order valence-corrected chi connectivity index (χ1v) is 8.13. The maximum atomic E-state index is 12.1. The van der Waals surface area contributed by atoms with Crippen molar-refractivity contribution < 1.29 is 9.53 Å². The highest BCUT2D eigenvalue weighted by Crippen LogP contribution is 2.25. The Morgan fingerprint density at radius 1 is 1.24 bits per heavy atom. The van der Waals surface area contributed by atoms with E-state index in [2.05, 4.69) is 25.1 Å². The van der Waals surface area contributed by atoms with Crippen LogP contribution in [0.1, 0.15) is 21.5 Å². The molecule has 2 aromatic rings. The number of hydrogen-bond donors (Lipinski definition) is 0. The van der Waals surface area contributed by atoms with Crippen molar-refractivity contribution in [2.24, 2.45) is 0 Å². The maximum absolute atomic E-state index is 12.1. The molecule has 0 heterocycles. The van der Waals surface area contributed by atoms with Crippen molar-refractivity contribution in [3.63, 3.8) is 0 Å². The molecule has 0 saturated heterocycles. The average molecular weight is 321 g/mol. The van der Waals surface area contributed by atoms with E-state index in [0.29, 0.717) is 22.1 Å². The third kappa shape index (κ3) is 4.51. The highest BCUT2D eigenvalue weighted by Gasteiger charge is 2.09. The van der Waals surface area contributed by atoms with E-state index in [1.54, 1.807) is 37.1 Å². The topological polar surface area (TPSA) is 26.3 Å². The molecule has 0 fully saturated rings. The van der Waals surface area contributed by atoms with E-state index < -0.39 is 0 Å². The summed E-state index contributed by atoms with van der Waals surface area (Å²) in [6, 6.07) is 13.5. The molecule has 0 aliphatic carbocycles. The number of thioether (sulfide) groups is 1. The van der Waals surface area contributed by atoms with Gasteiger partial charge in [-0.05, 0) is 30.7 Å². The number of halogens is 1. The third-order valence-electron chi connectivity index (χ3n) is 3.06. The smallest absolute Gasteiger partial charge is 0.172 e. The zero-order chi connectivity index (χ0) is 15.2. The Morgan fingerprint density at radius 3 is 2.71 bits per heavy atom. The van der Waals surface area contributed by atoms with Gasteiger partial charge in [0, 0.05) is 11.3 Å². The second kappa shape index (κ2) is 7.53. The molecule has 0 unspecified atom stereocenters. The summed E-state index contributed by atoms with van der Waals surface area (Å²) in [7, 11) is 1.56. The highest BCUT2D eigenvalue weighted by molar-refractivity contribution is 7.99. The molecule has 21 heavy (non-hydrogen) atoms. The largest absolute Gasteiger partial charge is 0.495 e. The zero-order valence-electron chi connectivity index (χ0n) is 12.1. The molecule has 0 amide bonds. The molecule has 0 radical (unpaired) electrons. The van der Waals surface area contributed by atoms with Gasteiger partial charge in [-0.25, -0.2) is 0 Å². The lowest BCUT2D eigenvalue weighted by Crippen LogP contribution is -2.03. The molecule has 4 heteroatoms. The Hall–Kier alpha value is -1.45. The monoisotopic (exact) mass is 320 g/mol. The van der Waals surface area contributed by atoms with E-state index in [9.17, 15) is 4.79 Å². The van der Waals surface area contributed by atoms with E-state index in [-0.39, 0.29) is 5.78 Å². The molecule has 2 aromatic carbocycles. The first kappa shape index (κ1) is 15.9. The van der Waals surface area contributed by atoms with Gasteiger partial charge in [-0.15, -0.1) is 11.8 Å². The normalized spacial score (nSPS) is 10.4. The molecule has 0 aliphatic heterocycles. The molecule has 0 spiro atoms. The first-order chi connectivity index (χ1) is 10.1. The third-order valence-corrected chi connectivity index (χ3v) is 4.36. The molecule has 0 N–H and O–H groups in total. The number of aryl methyl sites for hydroxylation is 1. The number of hydrogen-bond acceptors (Lipinski definition) is 3. The van der Waals surface area contributed by atoms with Gasteiger partial charge in [0.1, 0.15) is 5.75 Å². The quantitative estimate of drug-likeness (QED) is 0.717. The summed E-state index contributed by atoms with van der Waals surface area (Å²) in [5.41, 5.74) is 3.10. The van der Waals surface area contributed by atoms with Crippen molar-refractivity contribution in [3.8, 4) is 5.75 Å². The van der Waals surface area contributed by atoms with Crippen LogP contribution in [-0.2, 0) is 5.75 Å². The number of ether oxygens (including phenoxy) is 1. The van der Waals surface area contributed by atoms with E-state index in [1.165, 1.54) is 11.1 Å². The van der Waals surface area contributed by atoms with Gasteiger partial charge in [0.25, 0.3) is 0 Å². The van der Waals surface area contributed by atoms with Crippen LogP contribution < -0.4 is 4.74 Å². The molecule has 0 aliphatic rings. The fourth-order valence-electron chi connectivity index (χ4n) is 1.99. The number of ketones is 1. The van der Waals surface area contributed by atoms with Crippen molar-refractivity contribution in [2.75, 3.05) is 12.9 Å². The van der Waals surface area contributed by atoms with Gasteiger partial charge in [-0.1, -0.05) is 41.4 Å². The Bertz CT molecular complexity index is 640. The standard InChI is InChI=1S/C17H17ClO2S/c1-12-4-3-5-13(8-12)10-21-11-16(19)14-6-7-17(20-2)15(18)9-14/h3-9H,10-11H2,1-2H3. The summed E-state index contributed by atoms with van der Waals surface area (Å²) >= 11 is 7.65. The molecule has 0 aromatic heterocycles. The second-order valence-corrected chi connectivity index (χ2v) is 6.15. The van der Waals surface area contributed by atoms with Crippen LogP contribution in [0.5, 0.6) is 5.75 Å². The van der Waals surface area contributed by atoms with Crippen molar-refractivity contribution in [1.29, 1.82) is 0 Å². The minimum absolute atomic E-state index is 0.0807. The Morgan fingerprint density at radius 2 is 2.05 bits per heavy atom. The lowest BCUT2D eigenvalue weighted by Gasteiger charge is -2.06. The van der Waals surface area contributed by atoms with Crippen LogP contribution in [0.4, 0.5) is 0 Å². The van der Waals surface area contributed by atoms with Crippen molar-refractivity contribution in [1.82, 2.24) is 0 Å². The van der Waals surface area contributed by atoms with E-state index in [1.807, 2.05) is 6.07 Å². The average Bonchev–Trinajstić information content (AvgIpc) is 2.47. The fraction of sp³-hybridized carbons (Fsp3) is 0.235. The van der Waals surface area contributed by atoms with Crippen LogP contribution in [0.25, 0.3) is 0 Å². The minimum atomic E-state index is 0.0807. The summed E-state index contributed by atoms with van der Waals surface area (Å²) in [6.45, 7) is 2.07. The molecular weight excluding hydrogens is 304 g/mol.